The van der Waals surface area contributed by atoms with E-state index in [1.807, 2.05) is 4.90 Å². The van der Waals surface area contributed by atoms with Gasteiger partial charge in [0.25, 0.3) is 0 Å². The van der Waals surface area contributed by atoms with E-state index in [1.165, 1.54) is 12.1 Å². The van der Waals surface area contributed by atoms with Gasteiger partial charge >= 0.3 is 0 Å². The van der Waals surface area contributed by atoms with E-state index in [9.17, 15) is 9.59 Å². The van der Waals surface area contributed by atoms with E-state index in [-0.39, 0.29) is 11.3 Å². The topological polar surface area (TPSA) is 54.3 Å². The molecule has 17 heavy (non-hydrogen) atoms. The number of amides is 1. The number of rotatable bonds is 2. The number of nitrogens with one attached hydrogen (secondary N) is 1. The minimum absolute atomic E-state index is 0.0346. The first-order chi connectivity index (χ1) is 8.25. The van der Waals surface area contributed by atoms with Crippen molar-refractivity contribution in [3.8, 4) is 0 Å². The van der Waals surface area contributed by atoms with Crippen molar-refractivity contribution < 1.29 is 4.79 Å². The molecule has 1 aliphatic heterocycles. The maximum absolute atomic E-state index is 12.0. The van der Waals surface area contributed by atoms with Crippen LogP contribution in [-0.4, -0.2) is 41.6 Å². The first-order valence-electron chi connectivity index (χ1n) is 5.90. The Kier molecular flexibility index (Phi) is 3.93. The van der Waals surface area contributed by atoms with Crippen molar-refractivity contribution in [1.29, 1.82) is 0 Å². The molecule has 1 aromatic heterocycles. The normalized spacial score (nSPS) is 16.6. The van der Waals surface area contributed by atoms with Gasteiger partial charge in [0.05, 0.1) is 0 Å². The van der Waals surface area contributed by atoms with E-state index in [0.29, 0.717) is 6.54 Å². The van der Waals surface area contributed by atoms with E-state index >= 15 is 0 Å². The van der Waals surface area contributed by atoms with Crippen molar-refractivity contribution in [2.45, 2.75) is 13.0 Å². The highest BCUT2D eigenvalue weighted by Gasteiger charge is 2.14. The number of hydrogen-bond donors (Lipinski definition) is 1. The fourth-order valence-electron chi connectivity index (χ4n) is 1.90. The van der Waals surface area contributed by atoms with E-state index in [0.717, 1.165) is 32.6 Å². The summed E-state index contributed by atoms with van der Waals surface area (Å²) in [6, 6.07) is 2.94. The molecule has 0 unspecified atom stereocenters. The number of carbonyl (C=O) groups excluding carboxylic acids is 1. The molecule has 2 rings (SSSR count). The van der Waals surface area contributed by atoms with Gasteiger partial charge in [-0.25, -0.2) is 0 Å². The minimum atomic E-state index is -0.0346. The quantitative estimate of drug-likeness (QED) is 0.763. The summed E-state index contributed by atoms with van der Waals surface area (Å²) in [5, 5.41) is 3.26. The third kappa shape index (κ3) is 3.42. The maximum Gasteiger partial charge on any atom is 0.242 e. The molecule has 1 aromatic rings. The largest absolute Gasteiger partial charge is 0.345 e. The van der Waals surface area contributed by atoms with Gasteiger partial charge in [0.15, 0.2) is 5.43 Å². The van der Waals surface area contributed by atoms with Crippen molar-refractivity contribution in [1.82, 2.24) is 14.8 Å². The Morgan fingerprint density at radius 2 is 2.00 bits per heavy atom. The lowest BCUT2D eigenvalue weighted by molar-refractivity contribution is -0.131. The highest BCUT2D eigenvalue weighted by atomic mass is 16.2. The van der Waals surface area contributed by atoms with Gasteiger partial charge in [-0.1, -0.05) is 0 Å². The number of hydrogen-bond acceptors (Lipinski definition) is 3. The van der Waals surface area contributed by atoms with Crippen LogP contribution in [0.4, 0.5) is 0 Å². The smallest absolute Gasteiger partial charge is 0.242 e. The Balaban J connectivity index is 1.95. The Labute approximate surface area is 100 Å². The predicted octanol–water partition coefficient (Wildman–Crippen LogP) is -0.330. The van der Waals surface area contributed by atoms with Crippen molar-refractivity contribution in [3.05, 3.63) is 34.7 Å². The van der Waals surface area contributed by atoms with Crippen LogP contribution in [0.2, 0.25) is 0 Å². The monoisotopic (exact) mass is 235 g/mol. The van der Waals surface area contributed by atoms with Crippen LogP contribution in [0.15, 0.2) is 29.3 Å². The molecule has 2 heterocycles. The summed E-state index contributed by atoms with van der Waals surface area (Å²) in [7, 11) is 0. The molecule has 92 valence electrons. The molecule has 0 atom stereocenters. The Bertz CT molecular complexity index is 413. The standard InChI is InChI=1S/C12H17N3O2/c16-11-2-7-14(8-3-11)10-12(17)15-6-1-4-13-5-9-15/h2-3,7-8,13H,1,4-6,9-10H2. The zero-order chi connectivity index (χ0) is 12.1. The van der Waals surface area contributed by atoms with Crippen molar-refractivity contribution >= 4 is 5.91 Å². The number of pyridine rings is 1. The molecular formula is C12H17N3O2. The zero-order valence-corrected chi connectivity index (χ0v) is 9.76. The summed E-state index contributed by atoms with van der Waals surface area (Å²) < 4.78 is 1.74. The van der Waals surface area contributed by atoms with Crippen LogP contribution in [-0.2, 0) is 11.3 Å². The van der Waals surface area contributed by atoms with Crippen LogP contribution >= 0.6 is 0 Å². The van der Waals surface area contributed by atoms with Gasteiger partial charge in [0, 0.05) is 44.2 Å². The third-order valence-electron chi connectivity index (χ3n) is 2.87. The number of aromatic nitrogens is 1. The summed E-state index contributed by atoms with van der Waals surface area (Å²) in [5.74, 6) is 0.109. The van der Waals surface area contributed by atoms with Gasteiger partial charge in [0.1, 0.15) is 6.54 Å². The maximum atomic E-state index is 12.0. The zero-order valence-electron chi connectivity index (χ0n) is 9.76. The second-order valence-corrected chi connectivity index (χ2v) is 4.19. The lowest BCUT2D eigenvalue weighted by atomic mass is 10.3. The minimum Gasteiger partial charge on any atom is -0.345 e. The molecular weight excluding hydrogens is 218 g/mol. The van der Waals surface area contributed by atoms with Gasteiger partial charge in [-0.15, -0.1) is 0 Å². The summed E-state index contributed by atoms with van der Waals surface area (Å²) in [6.45, 7) is 3.71. The summed E-state index contributed by atoms with van der Waals surface area (Å²) in [5.41, 5.74) is -0.0346. The Hall–Kier alpha value is -1.62. The van der Waals surface area contributed by atoms with Gasteiger partial charge in [-0.3, -0.25) is 9.59 Å². The van der Waals surface area contributed by atoms with Gasteiger partial charge in [0.2, 0.25) is 5.91 Å². The Morgan fingerprint density at radius 1 is 1.24 bits per heavy atom. The van der Waals surface area contributed by atoms with Crippen molar-refractivity contribution in [3.63, 3.8) is 0 Å². The molecule has 1 saturated heterocycles. The average Bonchev–Trinajstić information content (AvgIpc) is 2.61. The lowest BCUT2D eigenvalue weighted by Gasteiger charge is -2.20. The van der Waals surface area contributed by atoms with E-state index in [4.69, 9.17) is 0 Å². The van der Waals surface area contributed by atoms with E-state index < -0.39 is 0 Å². The van der Waals surface area contributed by atoms with Crippen LogP contribution < -0.4 is 10.7 Å². The summed E-state index contributed by atoms with van der Waals surface area (Å²) in [6.07, 6.45) is 4.29. The molecule has 5 heteroatoms. The molecule has 0 spiro atoms. The summed E-state index contributed by atoms with van der Waals surface area (Å²) >= 11 is 0. The molecule has 1 fully saturated rings. The molecule has 0 saturated carbocycles. The fraction of sp³-hybridized carbons (Fsp3) is 0.500. The SMILES string of the molecule is O=C(Cn1ccc(=O)cc1)N1CCCNCC1. The molecule has 0 bridgehead atoms. The van der Waals surface area contributed by atoms with E-state index in [1.54, 1.807) is 17.0 Å². The van der Waals surface area contributed by atoms with E-state index in [2.05, 4.69) is 5.32 Å². The lowest BCUT2D eigenvalue weighted by Crippen LogP contribution is -2.36. The number of nitrogens with zero attached hydrogens (tertiary/aromatic N) is 2. The van der Waals surface area contributed by atoms with Crippen molar-refractivity contribution in [2.24, 2.45) is 0 Å². The van der Waals surface area contributed by atoms with Crippen LogP contribution in [0.5, 0.6) is 0 Å². The Morgan fingerprint density at radius 3 is 2.76 bits per heavy atom. The first-order valence-corrected chi connectivity index (χ1v) is 5.90. The van der Waals surface area contributed by atoms with Crippen LogP contribution in [0, 0.1) is 0 Å². The first kappa shape index (κ1) is 11.9. The van der Waals surface area contributed by atoms with Gasteiger partial charge in [-0.05, 0) is 13.0 Å². The third-order valence-corrected chi connectivity index (χ3v) is 2.87. The predicted molar refractivity (Wildman–Crippen MR) is 64.8 cm³/mol. The van der Waals surface area contributed by atoms with Crippen LogP contribution in [0.3, 0.4) is 0 Å². The number of carbonyl (C=O) groups is 1. The highest BCUT2D eigenvalue weighted by molar-refractivity contribution is 5.76. The van der Waals surface area contributed by atoms with Crippen molar-refractivity contribution in [2.75, 3.05) is 26.2 Å². The highest BCUT2D eigenvalue weighted by Crippen LogP contribution is 1.98. The molecule has 0 aromatic carbocycles. The molecule has 0 radical (unpaired) electrons. The molecule has 1 amide bonds. The molecule has 0 aliphatic carbocycles. The molecule has 1 aliphatic rings. The molecule has 1 N–H and O–H groups in total. The van der Waals surface area contributed by atoms with Crippen LogP contribution in [0.1, 0.15) is 6.42 Å². The second-order valence-electron chi connectivity index (χ2n) is 4.19. The van der Waals surface area contributed by atoms with Gasteiger partial charge in [-0.2, -0.15) is 0 Å². The fourth-order valence-corrected chi connectivity index (χ4v) is 1.90. The molecule has 5 nitrogen and oxygen atoms in total. The summed E-state index contributed by atoms with van der Waals surface area (Å²) in [4.78, 5) is 24.8. The average molecular weight is 235 g/mol. The van der Waals surface area contributed by atoms with Crippen LogP contribution in [0.25, 0.3) is 0 Å². The second kappa shape index (κ2) is 5.63. The van der Waals surface area contributed by atoms with Gasteiger partial charge < -0.3 is 14.8 Å².